The molecule has 0 radical (unpaired) electrons. The van der Waals surface area contributed by atoms with Crippen LogP contribution in [0.1, 0.15) is 39.5 Å². The van der Waals surface area contributed by atoms with E-state index in [1.807, 2.05) is 0 Å². The highest BCUT2D eigenvalue weighted by Crippen LogP contribution is 2.48. The van der Waals surface area contributed by atoms with Crippen LogP contribution in [0.3, 0.4) is 0 Å². The van der Waals surface area contributed by atoms with Crippen LogP contribution in [-0.2, 0) is 0 Å². The van der Waals surface area contributed by atoms with Crippen molar-refractivity contribution in [3.05, 3.63) is 12.2 Å². The number of hydrogen-bond donors (Lipinski definition) is 1. The van der Waals surface area contributed by atoms with E-state index >= 15 is 0 Å². The van der Waals surface area contributed by atoms with Crippen molar-refractivity contribution >= 4 is 0 Å². The standard InChI is InChI=1S/C14H26N2/c1-3-4-5-6-10-16-11-9-15-13(12-16)14(2)7-8-14/h5-6,13,15H,3-4,7-12H2,1-2H3/b6-5+/t13-/m1/s1. The van der Waals surface area contributed by atoms with Gasteiger partial charge in [0.15, 0.2) is 0 Å². The van der Waals surface area contributed by atoms with Crippen molar-refractivity contribution in [1.82, 2.24) is 10.2 Å². The van der Waals surface area contributed by atoms with Gasteiger partial charge < -0.3 is 5.32 Å². The van der Waals surface area contributed by atoms with Crippen molar-refractivity contribution in [2.24, 2.45) is 5.41 Å². The van der Waals surface area contributed by atoms with Crippen LogP contribution in [-0.4, -0.2) is 37.1 Å². The third kappa shape index (κ3) is 3.08. The summed E-state index contributed by atoms with van der Waals surface area (Å²) in [7, 11) is 0. The first-order valence-electron chi connectivity index (χ1n) is 6.85. The molecule has 0 spiro atoms. The third-order valence-electron chi connectivity index (χ3n) is 4.13. The zero-order valence-electron chi connectivity index (χ0n) is 10.8. The van der Waals surface area contributed by atoms with Crippen LogP contribution in [0.4, 0.5) is 0 Å². The number of rotatable bonds is 5. The highest BCUT2D eigenvalue weighted by Gasteiger charge is 2.45. The molecule has 16 heavy (non-hydrogen) atoms. The monoisotopic (exact) mass is 222 g/mol. The van der Waals surface area contributed by atoms with Gasteiger partial charge in [-0.15, -0.1) is 0 Å². The Balaban J connectivity index is 1.74. The van der Waals surface area contributed by atoms with Crippen LogP contribution >= 0.6 is 0 Å². The van der Waals surface area contributed by atoms with Crippen LogP contribution in [0.25, 0.3) is 0 Å². The molecule has 2 nitrogen and oxygen atoms in total. The van der Waals surface area contributed by atoms with E-state index in [1.165, 1.54) is 45.3 Å². The number of nitrogens with one attached hydrogen (secondary N) is 1. The van der Waals surface area contributed by atoms with Crippen molar-refractivity contribution in [3.63, 3.8) is 0 Å². The van der Waals surface area contributed by atoms with Gasteiger partial charge in [0.25, 0.3) is 0 Å². The van der Waals surface area contributed by atoms with Crippen LogP contribution in [0, 0.1) is 5.41 Å². The molecule has 1 saturated heterocycles. The van der Waals surface area contributed by atoms with E-state index in [2.05, 4.69) is 36.2 Å². The maximum Gasteiger partial charge on any atom is 0.0249 e. The van der Waals surface area contributed by atoms with Gasteiger partial charge in [0.2, 0.25) is 0 Å². The molecular weight excluding hydrogens is 196 g/mol. The van der Waals surface area contributed by atoms with Gasteiger partial charge in [-0.25, -0.2) is 0 Å². The Labute approximate surface area is 100 Å². The van der Waals surface area contributed by atoms with Gasteiger partial charge in [0, 0.05) is 32.2 Å². The summed E-state index contributed by atoms with van der Waals surface area (Å²) in [5, 5.41) is 3.69. The Morgan fingerprint density at radius 3 is 2.88 bits per heavy atom. The predicted molar refractivity (Wildman–Crippen MR) is 69.6 cm³/mol. The first-order valence-corrected chi connectivity index (χ1v) is 6.85. The lowest BCUT2D eigenvalue weighted by molar-refractivity contribution is 0.176. The van der Waals surface area contributed by atoms with Gasteiger partial charge in [-0.05, 0) is 24.7 Å². The lowest BCUT2D eigenvalue weighted by Gasteiger charge is -2.36. The minimum Gasteiger partial charge on any atom is -0.311 e. The fraction of sp³-hybridized carbons (Fsp3) is 0.857. The van der Waals surface area contributed by atoms with Crippen molar-refractivity contribution in [2.45, 2.75) is 45.6 Å². The summed E-state index contributed by atoms with van der Waals surface area (Å²) in [6.45, 7) is 9.44. The zero-order chi connectivity index (χ0) is 11.4. The highest BCUT2D eigenvalue weighted by molar-refractivity contribution is 5.02. The van der Waals surface area contributed by atoms with Crippen molar-refractivity contribution in [2.75, 3.05) is 26.2 Å². The van der Waals surface area contributed by atoms with E-state index in [4.69, 9.17) is 0 Å². The number of piperazine rings is 1. The lowest BCUT2D eigenvalue weighted by atomic mass is 9.97. The SMILES string of the molecule is CCC/C=C/CN1CCN[C@@H](C2(C)CC2)C1. The molecule has 1 aliphatic carbocycles. The summed E-state index contributed by atoms with van der Waals surface area (Å²) >= 11 is 0. The van der Waals surface area contributed by atoms with E-state index in [-0.39, 0.29) is 0 Å². The Bertz CT molecular complexity index is 243. The quantitative estimate of drug-likeness (QED) is 0.719. The van der Waals surface area contributed by atoms with Crippen LogP contribution in [0.15, 0.2) is 12.2 Å². The van der Waals surface area contributed by atoms with Gasteiger partial charge in [0.05, 0.1) is 0 Å². The average molecular weight is 222 g/mol. The fourth-order valence-electron chi connectivity index (χ4n) is 2.50. The topological polar surface area (TPSA) is 15.3 Å². The summed E-state index contributed by atoms with van der Waals surface area (Å²) < 4.78 is 0. The third-order valence-corrected chi connectivity index (χ3v) is 4.13. The molecule has 2 rings (SSSR count). The van der Waals surface area contributed by atoms with Gasteiger partial charge in [-0.1, -0.05) is 32.4 Å². The van der Waals surface area contributed by atoms with Crippen LogP contribution < -0.4 is 5.32 Å². The molecule has 0 aromatic rings. The first-order chi connectivity index (χ1) is 7.74. The van der Waals surface area contributed by atoms with E-state index in [0.717, 1.165) is 12.6 Å². The smallest absolute Gasteiger partial charge is 0.0249 e. The van der Waals surface area contributed by atoms with Crippen LogP contribution in [0.2, 0.25) is 0 Å². The van der Waals surface area contributed by atoms with E-state index in [1.54, 1.807) is 0 Å². The summed E-state index contributed by atoms with van der Waals surface area (Å²) in [4.78, 5) is 2.59. The fourth-order valence-corrected chi connectivity index (χ4v) is 2.50. The molecule has 0 unspecified atom stereocenters. The molecule has 0 amide bonds. The zero-order valence-corrected chi connectivity index (χ0v) is 10.8. The molecule has 2 aliphatic rings. The average Bonchev–Trinajstić information content (AvgIpc) is 3.05. The van der Waals surface area contributed by atoms with Crippen molar-refractivity contribution in [1.29, 1.82) is 0 Å². The molecule has 0 bridgehead atoms. The molecule has 1 atom stereocenters. The summed E-state index contributed by atoms with van der Waals surface area (Å²) in [6, 6.07) is 0.737. The summed E-state index contributed by atoms with van der Waals surface area (Å²) in [5.41, 5.74) is 0.617. The van der Waals surface area contributed by atoms with Crippen molar-refractivity contribution < 1.29 is 0 Å². The second-order valence-corrected chi connectivity index (χ2v) is 5.68. The summed E-state index contributed by atoms with van der Waals surface area (Å²) in [5.74, 6) is 0. The Morgan fingerprint density at radius 1 is 1.38 bits per heavy atom. The van der Waals surface area contributed by atoms with Crippen molar-refractivity contribution in [3.8, 4) is 0 Å². The van der Waals surface area contributed by atoms with E-state index < -0.39 is 0 Å². The maximum atomic E-state index is 3.69. The second-order valence-electron chi connectivity index (χ2n) is 5.68. The molecule has 0 aromatic heterocycles. The molecule has 1 heterocycles. The van der Waals surface area contributed by atoms with Gasteiger partial charge >= 0.3 is 0 Å². The Morgan fingerprint density at radius 2 is 2.19 bits per heavy atom. The first kappa shape index (κ1) is 12.1. The number of allylic oxidation sites excluding steroid dienone is 1. The summed E-state index contributed by atoms with van der Waals surface area (Å²) in [6.07, 6.45) is 10.0. The molecule has 1 saturated carbocycles. The number of hydrogen-bond acceptors (Lipinski definition) is 2. The number of unbranched alkanes of at least 4 members (excludes halogenated alkanes) is 1. The maximum absolute atomic E-state index is 3.69. The lowest BCUT2D eigenvalue weighted by Crippen LogP contribution is -2.53. The number of nitrogens with zero attached hydrogens (tertiary/aromatic N) is 1. The minimum absolute atomic E-state index is 0.617. The van der Waals surface area contributed by atoms with Gasteiger partial charge in [-0.2, -0.15) is 0 Å². The molecule has 1 N–H and O–H groups in total. The predicted octanol–water partition coefficient (Wildman–Crippen LogP) is 2.42. The largest absolute Gasteiger partial charge is 0.311 e. The Kier molecular flexibility index (Phi) is 4.04. The minimum atomic E-state index is 0.617. The van der Waals surface area contributed by atoms with E-state index in [0.29, 0.717) is 5.41 Å². The molecular formula is C14H26N2. The normalized spacial score (nSPS) is 29.8. The molecule has 0 aromatic carbocycles. The molecule has 92 valence electrons. The van der Waals surface area contributed by atoms with Crippen LogP contribution in [0.5, 0.6) is 0 Å². The highest BCUT2D eigenvalue weighted by atomic mass is 15.2. The van der Waals surface area contributed by atoms with E-state index in [9.17, 15) is 0 Å². The molecule has 2 fully saturated rings. The van der Waals surface area contributed by atoms with Gasteiger partial charge in [0.1, 0.15) is 0 Å². The second kappa shape index (κ2) is 5.33. The molecule has 2 heteroatoms. The Hall–Kier alpha value is -0.340. The van der Waals surface area contributed by atoms with Gasteiger partial charge in [-0.3, -0.25) is 4.90 Å². The molecule has 1 aliphatic heterocycles.